The molecule has 0 unspecified atom stereocenters. The number of fused-ring (bicyclic) bond motifs is 1. The third kappa shape index (κ3) is 4.90. The smallest absolute Gasteiger partial charge is 0.408 e. The molecular weight excluding hydrogens is 545 g/mol. The van der Waals surface area contributed by atoms with Gasteiger partial charge in [-0.3, -0.25) is 9.36 Å². The largest absolute Gasteiger partial charge is 0.444 e. The third-order valence-corrected chi connectivity index (χ3v) is 12.8. The number of nitrogens with zero attached hydrogens (tertiary/aromatic N) is 1. The van der Waals surface area contributed by atoms with Crippen LogP contribution in [0.2, 0.25) is 0 Å². The summed E-state index contributed by atoms with van der Waals surface area (Å²) in [6.45, 7) is 11.5. The van der Waals surface area contributed by atoms with Gasteiger partial charge in [0.05, 0.1) is 30.9 Å². The summed E-state index contributed by atoms with van der Waals surface area (Å²) in [5.74, 6) is -3.50. The first-order chi connectivity index (χ1) is 17.2. The Hall–Kier alpha value is -1.30. The van der Waals surface area contributed by atoms with Crippen molar-refractivity contribution >= 4 is 29.6 Å². The number of hydrogen-bond donors (Lipinski definition) is 1. The quantitative estimate of drug-likeness (QED) is 0.384. The molecule has 0 radical (unpaired) electrons. The Bertz CT molecular complexity index is 1100. The molecule has 220 valence electrons. The Morgan fingerprint density at radius 2 is 1.71 bits per heavy atom. The van der Waals surface area contributed by atoms with Crippen LogP contribution in [-0.4, -0.2) is 67.0 Å². The van der Waals surface area contributed by atoms with Crippen molar-refractivity contribution in [1.82, 2.24) is 9.62 Å². The lowest BCUT2D eigenvalue weighted by molar-refractivity contribution is -0.135. The van der Waals surface area contributed by atoms with Gasteiger partial charge in [-0.15, -0.1) is 0 Å². The lowest BCUT2D eigenvalue weighted by atomic mass is 9.69. The summed E-state index contributed by atoms with van der Waals surface area (Å²) in [5.41, 5.74) is -6.37. The summed E-state index contributed by atoms with van der Waals surface area (Å²) in [6.07, 6.45) is 0.637. The number of rotatable bonds is 9. The molecule has 3 aliphatic rings. The highest BCUT2D eigenvalue weighted by atomic mass is 32.2. The van der Waals surface area contributed by atoms with E-state index in [0.717, 1.165) is 13.3 Å². The van der Waals surface area contributed by atoms with Crippen molar-refractivity contribution in [2.75, 3.05) is 19.0 Å². The molecule has 3 rings (SSSR count). The van der Waals surface area contributed by atoms with Crippen LogP contribution in [0.4, 0.5) is 13.6 Å². The van der Waals surface area contributed by atoms with E-state index < -0.39 is 64.3 Å². The summed E-state index contributed by atoms with van der Waals surface area (Å²) in [4.78, 5) is 26.7. The molecule has 0 aromatic carbocycles. The zero-order valence-corrected chi connectivity index (χ0v) is 25.1. The molecular formula is C24H41F2N2O8PS. The van der Waals surface area contributed by atoms with E-state index in [0.29, 0.717) is 17.1 Å². The first kappa shape index (κ1) is 31.2. The number of ether oxygens (including phenoxy) is 1. The summed E-state index contributed by atoms with van der Waals surface area (Å²) in [7, 11) is -9.32. The molecule has 14 heteroatoms. The lowest BCUT2D eigenvalue weighted by Crippen LogP contribution is -2.58. The van der Waals surface area contributed by atoms with Crippen LogP contribution in [0.15, 0.2) is 0 Å². The number of carbonyl (C=O) groups excluding carboxylic acids is 2. The second kappa shape index (κ2) is 9.96. The van der Waals surface area contributed by atoms with E-state index in [9.17, 15) is 22.6 Å². The minimum Gasteiger partial charge on any atom is -0.444 e. The zero-order valence-electron chi connectivity index (χ0n) is 23.4. The molecule has 0 aromatic rings. The molecule has 1 N–H and O–H groups in total. The maximum Gasteiger partial charge on any atom is 0.408 e. The van der Waals surface area contributed by atoms with Gasteiger partial charge in [-0.25, -0.2) is 17.5 Å². The van der Waals surface area contributed by atoms with Crippen molar-refractivity contribution < 1.29 is 45.1 Å². The van der Waals surface area contributed by atoms with Crippen LogP contribution >= 0.6 is 7.60 Å². The van der Waals surface area contributed by atoms with Crippen molar-refractivity contribution in [3.05, 3.63) is 0 Å². The molecule has 2 aliphatic carbocycles. The average Bonchev–Trinajstić information content (AvgIpc) is 3.23. The monoisotopic (exact) mass is 586 g/mol. The highest BCUT2D eigenvalue weighted by Gasteiger charge is 2.73. The first-order valence-electron chi connectivity index (χ1n) is 13.0. The number of alkyl carbamates (subject to hydrolysis) is 1. The van der Waals surface area contributed by atoms with Crippen molar-refractivity contribution in [1.29, 1.82) is 0 Å². The number of sulfonamides is 1. The van der Waals surface area contributed by atoms with Crippen molar-refractivity contribution in [2.24, 2.45) is 22.7 Å². The Balaban J connectivity index is 2.06. The van der Waals surface area contributed by atoms with Gasteiger partial charge >= 0.3 is 19.4 Å². The van der Waals surface area contributed by atoms with Gasteiger partial charge in [0.15, 0.2) is 0 Å². The minimum atomic E-state index is -5.12. The Kier molecular flexibility index (Phi) is 8.18. The number of amides is 2. The number of hydrogen-bond acceptors (Lipinski definition) is 8. The van der Waals surface area contributed by atoms with Crippen molar-refractivity contribution in [2.45, 2.75) is 98.0 Å². The third-order valence-electron chi connectivity index (χ3n) is 8.58. The topological polar surface area (TPSA) is 128 Å². The number of nitrogens with one attached hydrogen (secondary N) is 1. The van der Waals surface area contributed by atoms with Crippen LogP contribution in [0.3, 0.4) is 0 Å². The molecule has 38 heavy (non-hydrogen) atoms. The second-order valence-electron chi connectivity index (χ2n) is 12.1. The summed E-state index contributed by atoms with van der Waals surface area (Å²) >= 11 is 0. The molecule has 5 atom stereocenters. The second-order valence-corrected chi connectivity index (χ2v) is 16.0. The standard InChI is InChI=1S/C24H41F2N2O8PS/c1-9-34-37(31,35-10-2)24(25,26)15(3)18(27-20(30)36-21(4,5)6)19(29)28-17-13-16-11-12-23(17,22(16,7)8)14-38(28,32)33/h15-18H,9-14H2,1-8H3,(H,27,30)/t15-,16-,17+,18-,23-/m0/s1. The SMILES string of the molecule is CCOP(=O)(OCC)C(F)(F)[C@@H](C)[C@H](NC(=O)OC(C)(C)C)C(=O)N1[C@@H]2C[C@@H]3CC[C@@]2(CS1(=O)=O)C3(C)C. The van der Waals surface area contributed by atoms with Gasteiger partial charge < -0.3 is 19.1 Å². The average molecular weight is 587 g/mol. The van der Waals surface area contributed by atoms with Gasteiger partial charge in [-0.2, -0.15) is 8.78 Å². The van der Waals surface area contributed by atoms with Gasteiger partial charge in [0.1, 0.15) is 11.6 Å². The lowest BCUT2D eigenvalue weighted by Gasteiger charge is -2.39. The number of halogens is 2. The van der Waals surface area contributed by atoms with Gasteiger partial charge in [0, 0.05) is 5.41 Å². The number of carbonyl (C=O) groups is 2. The molecule has 3 fully saturated rings. The maximum absolute atomic E-state index is 15.8. The van der Waals surface area contributed by atoms with Gasteiger partial charge in [-0.1, -0.05) is 20.8 Å². The summed E-state index contributed by atoms with van der Waals surface area (Å²) in [6, 6.07) is -2.82. The fourth-order valence-electron chi connectivity index (χ4n) is 6.55. The molecule has 2 bridgehead atoms. The predicted molar refractivity (Wildman–Crippen MR) is 136 cm³/mol. The molecule has 2 saturated carbocycles. The van der Waals surface area contributed by atoms with Crippen LogP contribution < -0.4 is 5.32 Å². The van der Waals surface area contributed by atoms with E-state index in [2.05, 4.69) is 5.32 Å². The normalized spacial score (nSPS) is 29.6. The fraction of sp³-hybridized carbons (Fsp3) is 0.917. The van der Waals surface area contributed by atoms with Crippen LogP contribution in [0.5, 0.6) is 0 Å². The minimum absolute atomic E-state index is 0.172. The van der Waals surface area contributed by atoms with Crippen LogP contribution in [0.1, 0.15) is 74.7 Å². The van der Waals surface area contributed by atoms with Crippen LogP contribution in [0, 0.1) is 22.7 Å². The zero-order chi connectivity index (χ0) is 29.1. The Morgan fingerprint density at radius 3 is 2.18 bits per heavy atom. The fourth-order valence-corrected chi connectivity index (χ4v) is 10.9. The van der Waals surface area contributed by atoms with E-state index in [1.807, 2.05) is 13.8 Å². The van der Waals surface area contributed by atoms with Crippen LogP contribution in [-0.2, 0) is 33.2 Å². The highest BCUT2D eigenvalue weighted by Crippen LogP contribution is 2.70. The van der Waals surface area contributed by atoms with Gasteiger partial charge in [0.2, 0.25) is 10.0 Å². The van der Waals surface area contributed by atoms with Crippen molar-refractivity contribution in [3.63, 3.8) is 0 Å². The van der Waals surface area contributed by atoms with E-state index in [1.54, 1.807) is 20.8 Å². The van der Waals surface area contributed by atoms with E-state index in [-0.39, 0.29) is 30.3 Å². The van der Waals surface area contributed by atoms with Gasteiger partial charge in [0.25, 0.3) is 5.91 Å². The molecule has 1 heterocycles. The number of alkyl halides is 2. The summed E-state index contributed by atoms with van der Waals surface area (Å²) < 4.78 is 87.4. The van der Waals surface area contributed by atoms with E-state index >= 15 is 8.78 Å². The van der Waals surface area contributed by atoms with Crippen LogP contribution in [0.25, 0.3) is 0 Å². The van der Waals surface area contributed by atoms with Gasteiger partial charge in [-0.05, 0) is 65.2 Å². The molecule has 2 amide bonds. The molecule has 1 aliphatic heterocycles. The Morgan fingerprint density at radius 1 is 1.16 bits per heavy atom. The maximum atomic E-state index is 15.8. The first-order valence-corrected chi connectivity index (χ1v) is 16.2. The molecule has 1 saturated heterocycles. The van der Waals surface area contributed by atoms with E-state index in [1.165, 1.54) is 13.8 Å². The predicted octanol–water partition coefficient (Wildman–Crippen LogP) is 4.74. The van der Waals surface area contributed by atoms with E-state index in [4.69, 9.17) is 13.8 Å². The molecule has 1 spiro atoms. The van der Waals surface area contributed by atoms with Crippen molar-refractivity contribution in [3.8, 4) is 0 Å². The highest BCUT2D eigenvalue weighted by molar-refractivity contribution is 7.90. The summed E-state index contributed by atoms with van der Waals surface area (Å²) in [5, 5.41) is 2.16. The molecule has 10 nitrogen and oxygen atoms in total. The Labute approximate surface area is 224 Å². The molecule has 0 aromatic heterocycles.